The zero-order valence-electron chi connectivity index (χ0n) is 75.4. The first kappa shape index (κ1) is 79.9. The van der Waals surface area contributed by atoms with Crippen molar-refractivity contribution in [2.45, 2.75) is 13.8 Å². The van der Waals surface area contributed by atoms with E-state index in [-0.39, 0.29) is 0 Å². The molecule has 0 aliphatic carbocycles. The molecule has 0 spiro atoms. The van der Waals surface area contributed by atoms with Gasteiger partial charge >= 0.3 is 0 Å². The SMILES string of the molecule is Cc1ccc2c(c1)c1cc(C)ccc1c1nc(-c3ccccc3-n3c4ccccc4c4ccccc43)ccc21.c1ccc(-c2ccc3c(c2)c2cc(-c4ccccc4)ccc2c2nc(-c4ccccc4-n4c5ccccc5c5ccccc54)ccc32)cc1.c1ccc(-c2ccc3c(c2)c2ccc(-c4ccc(-n5c6ccccc6c6ccccc65)cc4)nc2c2cc(-c4ccccc4)ccc32)cc1. The number of para-hydroxylation sites is 8. The van der Waals surface area contributed by atoms with E-state index < -0.39 is 0 Å². The van der Waals surface area contributed by atoms with E-state index in [0.717, 1.165) is 83.5 Å². The van der Waals surface area contributed by atoms with Crippen LogP contribution in [-0.4, -0.2) is 28.7 Å². The number of benzene rings is 22. The number of aromatic nitrogens is 6. The van der Waals surface area contributed by atoms with Gasteiger partial charge in [-0.2, -0.15) is 0 Å². The van der Waals surface area contributed by atoms with Crippen LogP contribution >= 0.6 is 0 Å². The summed E-state index contributed by atoms with van der Waals surface area (Å²) in [5.74, 6) is 0. The summed E-state index contributed by atoms with van der Waals surface area (Å²) in [4.78, 5) is 16.4. The van der Waals surface area contributed by atoms with Crippen LogP contribution in [0.4, 0.5) is 0 Å². The van der Waals surface area contributed by atoms with Crippen molar-refractivity contribution < 1.29 is 0 Å². The van der Waals surface area contributed by atoms with Gasteiger partial charge in [-0.25, -0.2) is 15.0 Å². The molecule has 6 aromatic heterocycles. The highest BCUT2D eigenvalue weighted by Crippen LogP contribution is 2.47. The lowest BCUT2D eigenvalue weighted by molar-refractivity contribution is 1.18. The molecular formula is C131H86N6. The van der Waals surface area contributed by atoms with Gasteiger partial charge in [0.2, 0.25) is 0 Å². The van der Waals surface area contributed by atoms with E-state index in [1.165, 1.54) is 186 Å². The molecule has 0 N–H and O–H groups in total. The lowest BCUT2D eigenvalue weighted by Gasteiger charge is -2.16. The second-order valence-corrected chi connectivity index (χ2v) is 36.1. The molecule has 0 radical (unpaired) electrons. The molecule has 6 nitrogen and oxygen atoms in total. The third-order valence-corrected chi connectivity index (χ3v) is 28.1. The van der Waals surface area contributed by atoms with E-state index in [1.54, 1.807) is 0 Å². The second-order valence-electron chi connectivity index (χ2n) is 36.1. The Hall–Kier alpha value is -18.0. The molecule has 137 heavy (non-hydrogen) atoms. The van der Waals surface area contributed by atoms with Crippen molar-refractivity contribution in [3.05, 3.63) is 496 Å². The molecule has 640 valence electrons. The van der Waals surface area contributed by atoms with Gasteiger partial charge in [0.15, 0.2) is 0 Å². The maximum atomic E-state index is 5.52. The van der Waals surface area contributed by atoms with Gasteiger partial charge in [0.25, 0.3) is 0 Å². The summed E-state index contributed by atoms with van der Waals surface area (Å²) in [6.45, 7) is 4.33. The summed E-state index contributed by atoms with van der Waals surface area (Å²) in [6.07, 6.45) is 0. The number of rotatable bonds is 10. The summed E-state index contributed by atoms with van der Waals surface area (Å²) in [5, 5.41) is 25.7. The van der Waals surface area contributed by atoms with E-state index >= 15 is 0 Å². The first-order valence-corrected chi connectivity index (χ1v) is 47.1. The zero-order chi connectivity index (χ0) is 90.7. The minimum Gasteiger partial charge on any atom is -0.309 e. The Morgan fingerprint density at radius 1 is 0.146 bits per heavy atom. The van der Waals surface area contributed by atoms with Crippen LogP contribution in [0.2, 0.25) is 0 Å². The maximum absolute atomic E-state index is 5.52. The van der Waals surface area contributed by atoms with Crippen LogP contribution in [0.25, 0.3) is 258 Å². The quantitative estimate of drug-likeness (QED) is 0.128. The molecule has 0 unspecified atom stereocenters. The van der Waals surface area contributed by atoms with Gasteiger partial charge in [0.05, 0.1) is 78.1 Å². The molecule has 0 amide bonds. The highest BCUT2D eigenvalue weighted by atomic mass is 15.0. The predicted molar refractivity (Wildman–Crippen MR) is 581 cm³/mol. The second kappa shape index (κ2) is 33.1. The Kier molecular flexibility index (Phi) is 19.3. The molecule has 22 aromatic carbocycles. The number of pyridine rings is 3. The molecule has 28 aromatic rings. The lowest BCUT2D eigenvalue weighted by atomic mass is 9.91. The van der Waals surface area contributed by atoms with Crippen LogP contribution in [0.5, 0.6) is 0 Å². The van der Waals surface area contributed by atoms with Crippen LogP contribution in [0.3, 0.4) is 0 Å². The summed E-state index contributed by atoms with van der Waals surface area (Å²) >= 11 is 0. The molecule has 0 aliphatic heterocycles. The summed E-state index contributed by atoms with van der Waals surface area (Å²) in [6, 6.07) is 175. The smallest absolute Gasteiger partial charge is 0.0794 e. The molecule has 0 fully saturated rings. The average Bonchev–Trinajstić information content (AvgIpc) is 1.72. The molecule has 6 heterocycles. The van der Waals surface area contributed by atoms with Crippen LogP contribution in [-0.2, 0) is 0 Å². The van der Waals surface area contributed by atoms with Crippen molar-refractivity contribution in [2.75, 3.05) is 0 Å². The van der Waals surface area contributed by atoms with Crippen LogP contribution in [0, 0.1) is 13.8 Å². The fraction of sp³-hybridized carbons (Fsp3) is 0.0153. The topological polar surface area (TPSA) is 53.5 Å². The first-order chi connectivity index (χ1) is 67.8. The van der Waals surface area contributed by atoms with Gasteiger partial charge in [-0.05, 0) is 228 Å². The number of hydrogen-bond acceptors (Lipinski definition) is 3. The zero-order valence-corrected chi connectivity index (χ0v) is 75.4. The Morgan fingerprint density at radius 3 is 0.781 bits per heavy atom. The summed E-state index contributed by atoms with van der Waals surface area (Å²) in [5.41, 5.74) is 32.1. The summed E-state index contributed by atoms with van der Waals surface area (Å²) in [7, 11) is 0. The average molecular weight is 1740 g/mol. The van der Waals surface area contributed by atoms with Crippen molar-refractivity contribution in [2.24, 2.45) is 0 Å². The highest BCUT2D eigenvalue weighted by molar-refractivity contribution is 6.29. The molecule has 28 rings (SSSR count). The fourth-order valence-electron chi connectivity index (χ4n) is 21.6. The Balaban J connectivity index is 0.000000107. The van der Waals surface area contributed by atoms with Crippen molar-refractivity contribution in [3.63, 3.8) is 0 Å². The standard InChI is InChI=1S/2C47H30N2.C37H26N2/c1-3-13-31(14-4-1)33-23-25-35-38-27-28-43(48-47(38)39-26-24-34(30-42(39)41(35)29-33)32-15-5-2-6-16-32)40-19-9-12-22-46(40)49-44-20-10-7-17-36(44)37-18-8-11-21-45(37)49;1-3-11-31(12-4-1)34-21-25-37-38-26-22-35(32-13-5-2-6-14-32)30-43(38)47-41(42(37)29-34)27-28-44(48-47)33-19-23-36(24-20-33)49-45-17-9-7-15-39(45)40-16-8-10-18-46(40)49;1-23-15-17-25-28-19-20-33(38-37(28)29-18-16-24(2)22-32(29)31(25)21-23)30-11-5-8-14-36(30)39-34-12-6-3-9-26(34)27-10-4-7-13-35(27)39/h2*1-30H;3-22H,1-2H3. The van der Waals surface area contributed by atoms with Crippen LogP contribution < -0.4 is 0 Å². The van der Waals surface area contributed by atoms with E-state index in [0.29, 0.717) is 0 Å². The van der Waals surface area contributed by atoms with Crippen molar-refractivity contribution in [1.82, 2.24) is 28.7 Å². The van der Waals surface area contributed by atoms with Crippen molar-refractivity contribution in [1.29, 1.82) is 0 Å². The number of nitrogens with zero attached hydrogens (tertiary/aromatic N) is 6. The first-order valence-electron chi connectivity index (χ1n) is 47.1. The van der Waals surface area contributed by atoms with Gasteiger partial charge in [-0.1, -0.05) is 375 Å². The molecule has 0 bridgehead atoms. The van der Waals surface area contributed by atoms with E-state index in [1.807, 2.05) is 0 Å². The molecule has 0 aliphatic rings. The molecular weight excluding hydrogens is 1660 g/mol. The third-order valence-electron chi connectivity index (χ3n) is 28.1. The van der Waals surface area contributed by atoms with Gasteiger partial charge in [0.1, 0.15) is 0 Å². The maximum Gasteiger partial charge on any atom is 0.0794 e. The Morgan fingerprint density at radius 2 is 0.387 bits per heavy atom. The van der Waals surface area contributed by atoms with E-state index in [2.05, 4.69) is 513 Å². The van der Waals surface area contributed by atoms with Gasteiger partial charge < -0.3 is 13.7 Å². The van der Waals surface area contributed by atoms with Gasteiger partial charge in [0, 0.05) is 87.0 Å². The number of fused-ring (bicyclic) bond motifs is 27. The molecule has 0 atom stereocenters. The summed E-state index contributed by atoms with van der Waals surface area (Å²) < 4.78 is 7.13. The highest BCUT2D eigenvalue weighted by Gasteiger charge is 2.24. The third kappa shape index (κ3) is 13.7. The van der Waals surface area contributed by atoms with Gasteiger partial charge in [-0.3, -0.25) is 0 Å². The van der Waals surface area contributed by atoms with Crippen LogP contribution in [0.15, 0.2) is 485 Å². The van der Waals surface area contributed by atoms with E-state index in [9.17, 15) is 0 Å². The number of hydrogen-bond donors (Lipinski definition) is 0. The Bertz CT molecular complexity index is 9520. The molecule has 0 saturated carbocycles. The lowest BCUT2D eigenvalue weighted by Crippen LogP contribution is -1.98. The fourth-order valence-corrected chi connectivity index (χ4v) is 21.6. The minimum atomic E-state index is 0.957. The Labute approximate surface area is 791 Å². The van der Waals surface area contributed by atoms with Crippen molar-refractivity contribution >= 4 is 163 Å². The monoisotopic (exact) mass is 1740 g/mol. The van der Waals surface area contributed by atoms with E-state index in [4.69, 9.17) is 15.0 Å². The van der Waals surface area contributed by atoms with Crippen molar-refractivity contribution in [3.8, 4) is 95.3 Å². The largest absolute Gasteiger partial charge is 0.309 e. The normalized spacial score (nSPS) is 11.7. The molecule has 0 saturated heterocycles. The minimum absolute atomic E-state index is 0.957. The predicted octanol–water partition coefficient (Wildman–Crippen LogP) is 35.2. The van der Waals surface area contributed by atoms with Gasteiger partial charge in [-0.15, -0.1) is 0 Å². The molecule has 6 heteroatoms. The van der Waals surface area contributed by atoms with Crippen LogP contribution in [0.1, 0.15) is 11.1 Å². The number of aryl methyl sites for hydroxylation is 2.